The molecule has 0 saturated heterocycles. The number of anilines is 1. The third-order valence-corrected chi connectivity index (χ3v) is 4.89. The normalized spacial score (nSPS) is 11.3. The molecule has 0 aliphatic carbocycles. The van der Waals surface area contributed by atoms with Gasteiger partial charge in [-0.1, -0.05) is 36.4 Å². The van der Waals surface area contributed by atoms with Crippen molar-refractivity contribution < 1.29 is 13.5 Å². The average molecular weight is 403 g/mol. The largest absolute Gasteiger partial charge is 0.392 e. The van der Waals surface area contributed by atoms with E-state index in [9.17, 15) is 8.42 Å². The van der Waals surface area contributed by atoms with Crippen molar-refractivity contribution in [3.63, 3.8) is 0 Å². The predicted molar refractivity (Wildman–Crippen MR) is 87.8 cm³/mol. The highest BCUT2D eigenvalue weighted by molar-refractivity contribution is 14.1. The van der Waals surface area contributed by atoms with Crippen LogP contribution in [0.2, 0.25) is 0 Å². The van der Waals surface area contributed by atoms with E-state index in [1.807, 2.05) is 12.1 Å². The molecule has 0 bridgehead atoms. The van der Waals surface area contributed by atoms with Crippen molar-refractivity contribution in [3.8, 4) is 0 Å². The van der Waals surface area contributed by atoms with Crippen LogP contribution in [0.5, 0.6) is 0 Å². The van der Waals surface area contributed by atoms with Crippen molar-refractivity contribution in [2.45, 2.75) is 12.4 Å². The molecule has 0 heterocycles. The van der Waals surface area contributed by atoms with E-state index in [2.05, 4.69) is 27.3 Å². The zero-order chi connectivity index (χ0) is 14.6. The minimum atomic E-state index is -3.45. The summed E-state index contributed by atoms with van der Waals surface area (Å²) in [6.45, 7) is -0.0481. The number of halogens is 1. The standard InChI is InChI=1S/C14H14INO3S/c15-13-3-1-2-4-14(13)16-20(18,19)10-12-7-5-11(9-17)6-8-12/h1-8,16-17H,9-10H2. The van der Waals surface area contributed by atoms with Gasteiger partial charge in [-0.3, -0.25) is 4.72 Å². The van der Waals surface area contributed by atoms with Crippen LogP contribution in [0, 0.1) is 3.57 Å². The first kappa shape index (κ1) is 15.3. The Morgan fingerprint density at radius 3 is 2.20 bits per heavy atom. The van der Waals surface area contributed by atoms with Crippen molar-refractivity contribution in [2.75, 3.05) is 4.72 Å². The summed E-state index contributed by atoms with van der Waals surface area (Å²) in [5.41, 5.74) is 2.03. The summed E-state index contributed by atoms with van der Waals surface area (Å²) in [6, 6.07) is 14.1. The summed E-state index contributed by atoms with van der Waals surface area (Å²) in [4.78, 5) is 0. The minimum Gasteiger partial charge on any atom is -0.392 e. The lowest BCUT2D eigenvalue weighted by Gasteiger charge is -2.10. The quantitative estimate of drug-likeness (QED) is 0.755. The average Bonchev–Trinajstić information content (AvgIpc) is 2.41. The molecular formula is C14H14INO3S. The Bertz CT molecular complexity index is 684. The van der Waals surface area contributed by atoms with Crippen LogP contribution in [0.4, 0.5) is 5.69 Å². The summed E-state index contributed by atoms with van der Waals surface area (Å²) in [5, 5.41) is 8.96. The summed E-state index contributed by atoms with van der Waals surface area (Å²) in [5.74, 6) is -0.0936. The van der Waals surface area contributed by atoms with Crippen LogP contribution in [-0.4, -0.2) is 13.5 Å². The van der Waals surface area contributed by atoms with Gasteiger partial charge in [0.05, 0.1) is 18.0 Å². The fourth-order valence-electron chi connectivity index (χ4n) is 1.71. The molecule has 4 nitrogen and oxygen atoms in total. The lowest BCUT2D eigenvalue weighted by Crippen LogP contribution is -2.15. The van der Waals surface area contributed by atoms with Gasteiger partial charge in [-0.2, -0.15) is 0 Å². The lowest BCUT2D eigenvalue weighted by atomic mass is 10.2. The van der Waals surface area contributed by atoms with Crippen molar-refractivity contribution in [3.05, 3.63) is 63.2 Å². The molecule has 6 heteroatoms. The van der Waals surface area contributed by atoms with Crippen molar-refractivity contribution in [2.24, 2.45) is 0 Å². The number of rotatable bonds is 5. The fraction of sp³-hybridized carbons (Fsp3) is 0.143. The van der Waals surface area contributed by atoms with Crippen LogP contribution in [0.15, 0.2) is 48.5 Å². The van der Waals surface area contributed by atoms with Crippen molar-refractivity contribution in [1.29, 1.82) is 0 Å². The Morgan fingerprint density at radius 2 is 1.60 bits per heavy atom. The first-order valence-corrected chi connectivity index (χ1v) is 8.67. The Labute approximate surface area is 132 Å². The zero-order valence-corrected chi connectivity index (χ0v) is 13.6. The molecule has 0 saturated carbocycles. The van der Waals surface area contributed by atoms with E-state index in [1.165, 1.54) is 0 Å². The van der Waals surface area contributed by atoms with E-state index >= 15 is 0 Å². The third-order valence-electron chi connectivity index (χ3n) is 2.70. The SMILES string of the molecule is O=S(=O)(Cc1ccc(CO)cc1)Nc1ccccc1I. The van der Waals surface area contributed by atoms with E-state index in [0.717, 1.165) is 9.13 Å². The maximum absolute atomic E-state index is 12.1. The molecule has 20 heavy (non-hydrogen) atoms. The van der Waals surface area contributed by atoms with E-state index in [1.54, 1.807) is 36.4 Å². The smallest absolute Gasteiger partial charge is 0.236 e. The van der Waals surface area contributed by atoms with Gasteiger partial charge in [-0.25, -0.2) is 8.42 Å². The highest BCUT2D eigenvalue weighted by Gasteiger charge is 2.13. The Hall–Kier alpha value is -1.12. The van der Waals surface area contributed by atoms with Gasteiger partial charge in [-0.05, 0) is 45.9 Å². The molecular weight excluding hydrogens is 389 g/mol. The van der Waals surface area contributed by atoms with Gasteiger partial charge in [-0.15, -0.1) is 0 Å². The maximum Gasteiger partial charge on any atom is 0.236 e. The molecule has 0 amide bonds. The third kappa shape index (κ3) is 4.19. The lowest BCUT2D eigenvalue weighted by molar-refractivity contribution is 0.282. The number of para-hydroxylation sites is 1. The molecule has 0 aliphatic heterocycles. The molecule has 0 unspecified atom stereocenters. The summed E-state index contributed by atoms with van der Waals surface area (Å²) >= 11 is 2.09. The first-order valence-electron chi connectivity index (χ1n) is 5.94. The van der Waals surface area contributed by atoms with Crippen LogP contribution >= 0.6 is 22.6 Å². The van der Waals surface area contributed by atoms with Crippen LogP contribution in [0.25, 0.3) is 0 Å². The molecule has 0 atom stereocenters. The van der Waals surface area contributed by atoms with Gasteiger partial charge >= 0.3 is 0 Å². The molecule has 0 spiro atoms. The number of aliphatic hydroxyl groups is 1. The number of nitrogens with one attached hydrogen (secondary N) is 1. The molecule has 2 aromatic rings. The van der Waals surface area contributed by atoms with Crippen molar-refractivity contribution >= 4 is 38.3 Å². The molecule has 0 fully saturated rings. The van der Waals surface area contributed by atoms with E-state index < -0.39 is 10.0 Å². The van der Waals surface area contributed by atoms with E-state index in [-0.39, 0.29) is 12.4 Å². The van der Waals surface area contributed by atoms with Gasteiger partial charge in [0.1, 0.15) is 0 Å². The minimum absolute atomic E-state index is 0.0481. The van der Waals surface area contributed by atoms with Gasteiger partial charge in [0.2, 0.25) is 10.0 Å². The molecule has 2 rings (SSSR count). The molecule has 0 aromatic heterocycles. The molecule has 0 radical (unpaired) electrons. The van der Waals surface area contributed by atoms with Gasteiger partial charge in [0, 0.05) is 3.57 Å². The van der Waals surface area contributed by atoms with Crippen LogP contribution < -0.4 is 4.72 Å². The summed E-state index contributed by atoms with van der Waals surface area (Å²) in [7, 11) is -3.45. The first-order chi connectivity index (χ1) is 9.50. The van der Waals surface area contributed by atoms with E-state index in [0.29, 0.717) is 11.3 Å². The van der Waals surface area contributed by atoms with Crippen molar-refractivity contribution in [1.82, 2.24) is 0 Å². The Kier molecular flexibility index (Phi) is 5.00. The number of sulfonamides is 1. The number of hydrogen-bond donors (Lipinski definition) is 2. The van der Waals surface area contributed by atoms with Gasteiger partial charge < -0.3 is 5.11 Å². The predicted octanol–water partition coefficient (Wildman–Crippen LogP) is 2.73. The highest BCUT2D eigenvalue weighted by atomic mass is 127. The van der Waals surface area contributed by atoms with Crippen LogP contribution in [0.1, 0.15) is 11.1 Å². The second-order valence-electron chi connectivity index (χ2n) is 4.32. The maximum atomic E-state index is 12.1. The summed E-state index contributed by atoms with van der Waals surface area (Å²) < 4.78 is 27.7. The van der Waals surface area contributed by atoms with Crippen LogP contribution in [0.3, 0.4) is 0 Å². The molecule has 2 N–H and O–H groups in total. The monoisotopic (exact) mass is 403 g/mol. The van der Waals surface area contributed by atoms with Gasteiger partial charge in [0.15, 0.2) is 0 Å². The molecule has 106 valence electrons. The molecule has 0 aliphatic rings. The topological polar surface area (TPSA) is 66.4 Å². The Morgan fingerprint density at radius 1 is 1.00 bits per heavy atom. The number of benzene rings is 2. The second-order valence-corrected chi connectivity index (χ2v) is 7.20. The van der Waals surface area contributed by atoms with Crippen LogP contribution in [-0.2, 0) is 22.4 Å². The number of hydrogen-bond acceptors (Lipinski definition) is 3. The highest BCUT2D eigenvalue weighted by Crippen LogP contribution is 2.19. The zero-order valence-electron chi connectivity index (χ0n) is 10.6. The van der Waals surface area contributed by atoms with Gasteiger partial charge in [0.25, 0.3) is 0 Å². The molecule has 2 aromatic carbocycles. The fourth-order valence-corrected chi connectivity index (χ4v) is 3.63. The number of aliphatic hydroxyl groups excluding tert-OH is 1. The van der Waals surface area contributed by atoms with E-state index in [4.69, 9.17) is 5.11 Å². The summed E-state index contributed by atoms with van der Waals surface area (Å²) in [6.07, 6.45) is 0. The second kappa shape index (κ2) is 6.55. The Balaban J connectivity index is 2.13.